The van der Waals surface area contributed by atoms with Gasteiger partial charge in [0.2, 0.25) is 0 Å². The normalized spacial score (nSPS) is 23.7. The van der Waals surface area contributed by atoms with Crippen molar-refractivity contribution in [2.45, 2.75) is 58.3 Å². The molecule has 0 spiro atoms. The van der Waals surface area contributed by atoms with Gasteiger partial charge in [-0.2, -0.15) is 0 Å². The zero-order valence-corrected chi connectivity index (χ0v) is 7.81. The molecule has 0 atom stereocenters. The van der Waals surface area contributed by atoms with E-state index in [1.165, 1.54) is 51.4 Å². The van der Waals surface area contributed by atoms with Crippen LogP contribution >= 0.6 is 0 Å². The first kappa shape index (κ1) is 9.09. The lowest BCUT2D eigenvalue weighted by atomic mass is 9.95. The quantitative estimate of drug-likeness (QED) is 0.535. The second-order valence-electron chi connectivity index (χ2n) is 3.79. The Bertz CT molecular complexity index is 76.0. The monoisotopic (exact) mass is 153 g/mol. The van der Waals surface area contributed by atoms with Crippen LogP contribution in [-0.2, 0) is 0 Å². The van der Waals surface area contributed by atoms with Crippen molar-refractivity contribution in [2.75, 3.05) is 0 Å². The van der Waals surface area contributed by atoms with Gasteiger partial charge in [0, 0.05) is 0 Å². The fraction of sp³-hybridized carbons (Fsp3) is 0.909. The molecule has 11 heavy (non-hydrogen) atoms. The highest BCUT2D eigenvalue weighted by molar-refractivity contribution is 4.72. The van der Waals surface area contributed by atoms with E-state index in [4.69, 9.17) is 0 Å². The van der Waals surface area contributed by atoms with Crippen LogP contribution in [0.5, 0.6) is 0 Å². The fourth-order valence-corrected chi connectivity index (χ4v) is 2.00. The van der Waals surface area contributed by atoms with Crippen LogP contribution in [0.2, 0.25) is 0 Å². The zero-order valence-electron chi connectivity index (χ0n) is 7.81. The summed E-state index contributed by atoms with van der Waals surface area (Å²) in [6.45, 7) is 2.22. The van der Waals surface area contributed by atoms with E-state index in [2.05, 4.69) is 13.3 Å². The Labute approximate surface area is 71.4 Å². The summed E-state index contributed by atoms with van der Waals surface area (Å²) in [4.78, 5) is 0. The summed E-state index contributed by atoms with van der Waals surface area (Å²) >= 11 is 0. The van der Waals surface area contributed by atoms with E-state index in [0.717, 1.165) is 5.92 Å². The SMILES string of the molecule is C[CH]C1CCCCCCCC1. The maximum Gasteiger partial charge on any atom is -0.0386 e. The second-order valence-corrected chi connectivity index (χ2v) is 3.79. The van der Waals surface area contributed by atoms with Gasteiger partial charge < -0.3 is 0 Å². The van der Waals surface area contributed by atoms with Gasteiger partial charge in [-0.15, -0.1) is 0 Å². The van der Waals surface area contributed by atoms with E-state index in [9.17, 15) is 0 Å². The molecule has 1 radical (unpaired) electrons. The molecule has 0 unspecified atom stereocenters. The molecule has 0 saturated heterocycles. The van der Waals surface area contributed by atoms with Gasteiger partial charge in [-0.3, -0.25) is 0 Å². The third-order valence-electron chi connectivity index (χ3n) is 2.87. The van der Waals surface area contributed by atoms with Crippen LogP contribution in [0.1, 0.15) is 58.3 Å². The predicted molar refractivity (Wildman–Crippen MR) is 50.4 cm³/mol. The third-order valence-corrected chi connectivity index (χ3v) is 2.87. The lowest BCUT2D eigenvalue weighted by molar-refractivity contribution is 0.482. The van der Waals surface area contributed by atoms with E-state index >= 15 is 0 Å². The standard InChI is InChI=1S/C11H21/c1-2-11-9-7-5-3-4-6-8-10-11/h2,11H,3-10H2,1H3. The van der Waals surface area contributed by atoms with Gasteiger partial charge in [-0.1, -0.05) is 58.3 Å². The third kappa shape index (κ3) is 3.79. The maximum atomic E-state index is 2.41. The van der Waals surface area contributed by atoms with Crippen molar-refractivity contribution in [3.05, 3.63) is 6.42 Å². The Morgan fingerprint density at radius 1 is 0.818 bits per heavy atom. The number of rotatable bonds is 1. The van der Waals surface area contributed by atoms with Crippen molar-refractivity contribution in [3.63, 3.8) is 0 Å². The molecule has 1 aliphatic rings. The zero-order chi connectivity index (χ0) is 7.94. The molecular weight excluding hydrogens is 132 g/mol. The highest BCUT2D eigenvalue weighted by atomic mass is 14.1. The van der Waals surface area contributed by atoms with Crippen LogP contribution < -0.4 is 0 Å². The average molecular weight is 153 g/mol. The Kier molecular flexibility index (Phi) is 4.65. The van der Waals surface area contributed by atoms with Crippen molar-refractivity contribution >= 4 is 0 Å². The van der Waals surface area contributed by atoms with Gasteiger partial charge >= 0.3 is 0 Å². The minimum atomic E-state index is 0.938. The highest BCUT2D eigenvalue weighted by Crippen LogP contribution is 2.23. The smallest absolute Gasteiger partial charge is 0.0386 e. The molecule has 0 heterocycles. The minimum Gasteiger partial charge on any atom is -0.0620 e. The highest BCUT2D eigenvalue weighted by Gasteiger charge is 2.07. The summed E-state index contributed by atoms with van der Waals surface area (Å²) < 4.78 is 0. The van der Waals surface area contributed by atoms with Gasteiger partial charge in [-0.25, -0.2) is 0 Å². The van der Waals surface area contributed by atoms with Gasteiger partial charge in [0.1, 0.15) is 0 Å². The fourth-order valence-electron chi connectivity index (χ4n) is 2.00. The first-order valence-electron chi connectivity index (χ1n) is 5.23. The minimum absolute atomic E-state index is 0.938. The van der Waals surface area contributed by atoms with Crippen LogP contribution in [0.3, 0.4) is 0 Å². The van der Waals surface area contributed by atoms with E-state index in [1.54, 1.807) is 0 Å². The Morgan fingerprint density at radius 2 is 1.27 bits per heavy atom. The number of hydrogen-bond donors (Lipinski definition) is 0. The summed E-state index contributed by atoms with van der Waals surface area (Å²) in [5.74, 6) is 0.938. The van der Waals surface area contributed by atoms with Crippen molar-refractivity contribution < 1.29 is 0 Å². The molecular formula is C11H21. The van der Waals surface area contributed by atoms with Crippen molar-refractivity contribution in [2.24, 2.45) is 5.92 Å². The molecule has 0 aliphatic heterocycles. The van der Waals surface area contributed by atoms with Crippen LogP contribution in [-0.4, -0.2) is 0 Å². The lowest BCUT2D eigenvalue weighted by Gasteiger charge is -2.11. The molecule has 1 aliphatic carbocycles. The van der Waals surface area contributed by atoms with E-state index in [0.29, 0.717) is 0 Å². The molecule has 0 bridgehead atoms. The largest absolute Gasteiger partial charge is 0.0620 e. The molecule has 1 saturated carbocycles. The first-order valence-corrected chi connectivity index (χ1v) is 5.23. The topological polar surface area (TPSA) is 0 Å². The molecule has 0 aromatic heterocycles. The molecule has 0 aromatic carbocycles. The summed E-state index contributed by atoms with van der Waals surface area (Å²) in [5, 5.41) is 0. The Hall–Kier alpha value is 0. The van der Waals surface area contributed by atoms with Gasteiger partial charge in [0.05, 0.1) is 0 Å². The van der Waals surface area contributed by atoms with E-state index in [-0.39, 0.29) is 0 Å². The van der Waals surface area contributed by atoms with Crippen molar-refractivity contribution in [3.8, 4) is 0 Å². The van der Waals surface area contributed by atoms with Crippen LogP contribution in [0.25, 0.3) is 0 Å². The summed E-state index contributed by atoms with van der Waals surface area (Å²) in [5.41, 5.74) is 0. The van der Waals surface area contributed by atoms with E-state index in [1.807, 2.05) is 0 Å². The first-order chi connectivity index (χ1) is 5.43. The lowest BCUT2D eigenvalue weighted by Crippen LogP contribution is -1.98. The molecule has 0 heteroatoms. The van der Waals surface area contributed by atoms with Crippen LogP contribution in [0.15, 0.2) is 0 Å². The van der Waals surface area contributed by atoms with Crippen molar-refractivity contribution in [1.82, 2.24) is 0 Å². The van der Waals surface area contributed by atoms with Gasteiger partial charge in [-0.05, 0) is 12.3 Å². The van der Waals surface area contributed by atoms with Gasteiger partial charge in [0.15, 0.2) is 0 Å². The summed E-state index contributed by atoms with van der Waals surface area (Å²) in [6, 6.07) is 0. The molecule has 1 fully saturated rings. The average Bonchev–Trinajstić information content (AvgIpc) is 2.16. The molecule has 0 amide bonds. The second kappa shape index (κ2) is 5.62. The van der Waals surface area contributed by atoms with E-state index < -0.39 is 0 Å². The summed E-state index contributed by atoms with van der Waals surface area (Å²) in [7, 11) is 0. The molecule has 0 aromatic rings. The van der Waals surface area contributed by atoms with Crippen LogP contribution in [0, 0.1) is 12.3 Å². The predicted octanol–water partition coefficient (Wildman–Crippen LogP) is 3.96. The van der Waals surface area contributed by atoms with Crippen molar-refractivity contribution in [1.29, 1.82) is 0 Å². The molecule has 0 nitrogen and oxygen atoms in total. The molecule has 0 N–H and O–H groups in total. The van der Waals surface area contributed by atoms with Gasteiger partial charge in [0.25, 0.3) is 0 Å². The molecule has 65 valence electrons. The maximum absolute atomic E-state index is 2.41. The van der Waals surface area contributed by atoms with Crippen LogP contribution in [0.4, 0.5) is 0 Å². The molecule has 1 rings (SSSR count). The summed E-state index contributed by atoms with van der Waals surface area (Å²) in [6.07, 6.45) is 14.2. The Balaban J connectivity index is 2.19. The number of hydrogen-bond acceptors (Lipinski definition) is 0. The Morgan fingerprint density at radius 3 is 1.73 bits per heavy atom.